The largest absolute Gasteiger partial charge is 0.497 e. The number of benzene rings is 1. The van der Waals surface area contributed by atoms with Crippen molar-refractivity contribution in [3.8, 4) is 5.75 Å². The van der Waals surface area contributed by atoms with E-state index in [4.69, 9.17) is 4.74 Å². The molecular weight excluding hydrogens is 306 g/mol. The molecule has 128 valence electrons. The third kappa shape index (κ3) is 3.64. The zero-order chi connectivity index (χ0) is 17.7. The highest BCUT2D eigenvalue weighted by atomic mass is 16.5. The molecule has 0 aliphatic carbocycles. The van der Waals surface area contributed by atoms with Gasteiger partial charge in [-0.15, -0.1) is 0 Å². The number of methoxy groups -OCH3 is 1. The lowest BCUT2D eigenvalue weighted by molar-refractivity contribution is -0.128. The van der Waals surface area contributed by atoms with Crippen molar-refractivity contribution >= 4 is 11.7 Å². The van der Waals surface area contributed by atoms with E-state index >= 15 is 0 Å². The minimum absolute atomic E-state index is 0.234. The molecule has 1 atom stereocenters. The molecule has 1 unspecified atom stereocenters. The van der Waals surface area contributed by atoms with E-state index < -0.39 is 11.7 Å². The second-order valence-electron chi connectivity index (χ2n) is 5.46. The lowest BCUT2D eigenvalue weighted by atomic mass is 10.1. The molecule has 1 aromatic heterocycles. The first-order valence-corrected chi connectivity index (χ1v) is 8.03. The molecule has 0 spiro atoms. The summed E-state index contributed by atoms with van der Waals surface area (Å²) in [6.07, 6.45) is 3.04. The molecule has 24 heavy (non-hydrogen) atoms. The maximum Gasteiger partial charge on any atom is 0.295 e. The number of ketones is 1. The molecule has 0 aliphatic rings. The predicted molar refractivity (Wildman–Crippen MR) is 91.0 cm³/mol. The van der Waals surface area contributed by atoms with Crippen LogP contribution < -0.4 is 4.74 Å². The van der Waals surface area contributed by atoms with Gasteiger partial charge in [0, 0.05) is 19.3 Å². The van der Waals surface area contributed by atoms with Gasteiger partial charge < -0.3 is 9.64 Å². The maximum absolute atomic E-state index is 12.6. The Labute approximate surface area is 142 Å². The van der Waals surface area contributed by atoms with Crippen LogP contribution in [0.25, 0.3) is 0 Å². The normalized spacial score (nSPS) is 11.8. The first-order chi connectivity index (χ1) is 11.5. The highest BCUT2D eigenvalue weighted by Gasteiger charge is 2.27. The molecule has 0 bridgehead atoms. The van der Waals surface area contributed by atoms with Crippen molar-refractivity contribution in [3.05, 3.63) is 47.8 Å². The third-order valence-electron chi connectivity index (χ3n) is 4.06. The molecule has 2 rings (SSSR count). The minimum Gasteiger partial charge on any atom is -0.497 e. The number of amides is 1. The summed E-state index contributed by atoms with van der Waals surface area (Å²) in [4.78, 5) is 26.7. The van der Waals surface area contributed by atoms with Crippen LogP contribution in [0.3, 0.4) is 0 Å². The number of aromatic nitrogens is 2. The Bertz CT molecular complexity index is 724. The highest BCUT2D eigenvalue weighted by molar-refractivity contribution is 6.42. The lowest BCUT2D eigenvalue weighted by Crippen LogP contribution is -2.38. The molecule has 1 amide bonds. The molecule has 1 aromatic carbocycles. The van der Waals surface area contributed by atoms with Crippen molar-refractivity contribution in [2.75, 3.05) is 13.7 Å². The summed E-state index contributed by atoms with van der Waals surface area (Å²) in [5.74, 6) is -0.340. The number of aryl methyl sites for hydroxylation is 1. The Morgan fingerprint density at radius 1 is 1.33 bits per heavy atom. The number of nitrogens with zero attached hydrogens (tertiary/aromatic N) is 3. The van der Waals surface area contributed by atoms with Crippen molar-refractivity contribution in [2.24, 2.45) is 0 Å². The van der Waals surface area contributed by atoms with Crippen LogP contribution in [0.15, 0.2) is 36.7 Å². The number of ether oxygens (including phenoxy) is 1. The van der Waals surface area contributed by atoms with E-state index in [0.29, 0.717) is 18.7 Å². The number of hydrogen-bond donors (Lipinski definition) is 0. The van der Waals surface area contributed by atoms with Gasteiger partial charge in [0.05, 0.1) is 24.9 Å². The van der Waals surface area contributed by atoms with Gasteiger partial charge in [-0.1, -0.05) is 12.1 Å². The molecule has 0 fully saturated rings. The summed E-state index contributed by atoms with van der Waals surface area (Å²) in [7, 11) is 1.60. The Morgan fingerprint density at radius 2 is 2.08 bits per heavy atom. The van der Waals surface area contributed by atoms with E-state index in [1.807, 2.05) is 45.0 Å². The van der Waals surface area contributed by atoms with Crippen molar-refractivity contribution in [1.29, 1.82) is 0 Å². The van der Waals surface area contributed by atoms with Gasteiger partial charge in [0.2, 0.25) is 0 Å². The molecule has 1 heterocycles. The number of rotatable bonds is 7. The van der Waals surface area contributed by atoms with Crippen molar-refractivity contribution in [3.63, 3.8) is 0 Å². The van der Waals surface area contributed by atoms with Gasteiger partial charge in [-0.2, -0.15) is 5.10 Å². The number of Topliss-reactive ketones (excluding diaryl/α,β-unsaturated/α-hetero) is 1. The molecule has 0 saturated carbocycles. The predicted octanol–water partition coefficient (Wildman–Crippen LogP) is 2.70. The second-order valence-corrected chi connectivity index (χ2v) is 5.46. The molecular formula is C18H23N3O3. The molecule has 0 aliphatic heterocycles. The second kappa shape index (κ2) is 7.77. The van der Waals surface area contributed by atoms with Crippen molar-refractivity contribution in [2.45, 2.75) is 33.4 Å². The number of carbonyl (C=O) groups is 2. The molecule has 6 heteroatoms. The van der Waals surface area contributed by atoms with Crippen molar-refractivity contribution < 1.29 is 14.3 Å². The van der Waals surface area contributed by atoms with E-state index in [-0.39, 0.29) is 6.04 Å². The Kier molecular flexibility index (Phi) is 5.73. The van der Waals surface area contributed by atoms with Crippen LogP contribution in [-0.2, 0) is 11.3 Å². The summed E-state index contributed by atoms with van der Waals surface area (Å²) < 4.78 is 6.86. The fraction of sp³-hybridized carbons (Fsp3) is 0.389. The van der Waals surface area contributed by atoms with Gasteiger partial charge in [0.1, 0.15) is 5.75 Å². The molecule has 6 nitrogen and oxygen atoms in total. The van der Waals surface area contributed by atoms with E-state index in [0.717, 1.165) is 11.3 Å². The maximum atomic E-state index is 12.6. The molecule has 2 aromatic rings. The SMILES string of the molecule is CCN(C(=O)C(=O)c1cnn(CC)c1)C(C)c1cccc(OC)c1. The Morgan fingerprint density at radius 3 is 2.67 bits per heavy atom. The van der Waals surface area contributed by atoms with Crippen LogP contribution in [0.5, 0.6) is 5.75 Å². The van der Waals surface area contributed by atoms with Crippen LogP contribution in [0, 0.1) is 0 Å². The first-order valence-electron chi connectivity index (χ1n) is 8.03. The van der Waals surface area contributed by atoms with E-state index in [2.05, 4.69) is 5.10 Å². The summed E-state index contributed by atoms with van der Waals surface area (Å²) in [5, 5.41) is 4.06. The van der Waals surface area contributed by atoms with Gasteiger partial charge in [-0.05, 0) is 38.5 Å². The first kappa shape index (κ1) is 17.7. The number of likely N-dealkylation sites (N-methyl/N-ethyl adjacent to an activating group) is 1. The average Bonchev–Trinajstić information content (AvgIpc) is 3.10. The fourth-order valence-electron chi connectivity index (χ4n) is 2.58. The summed E-state index contributed by atoms with van der Waals surface area (Å²) in [6.45, 7) is 6.77. The van der Waals surface area contributed by atoms with Crippen molar-refractivity contribution in [1.82, 2.24) is 14.7 Å². The van der Waals surface area contributed by atoms with E-state index in [1.54, 1.807) is 22.9 Å². The Balaban J connectivity index is 2.22. The third-order valence-corrected chi connectivity index (χ3v) is 4.06. The smallest absolute Gasteiger partial charge is 0.295 e. The number of carbonyl (C=O) groups excluding carboxylic acids is 2. The van der Waals surface area contributed by atoms with Crippen LogP contribution in [-0.4, -0.2) is 40.0 Å². The minimum atomic E-state index is -0.536. The van der Waals surface area contributed by atoms with Gasteiger partial charge in [-0.3, -0.25) is 14.3 Å². The molecule has 0 saturated heterocycles. The monoisotopic (exact) mass is 329 g/mol. The highest BCUT2D eigenvalue weighted by Crippen LogP contribution is 2.24. The quantitative estimate of drug-likeness (QED) is 0.579. The Hall–Kier alpha value is -2.63. The van der Waals surface area contributed by atoms with Gasteiger partial charge in [0.25, 0.3) is 11.7 Å². The topological polar surface area (TPSA) is 64.4 Å². The van der Waals surface area contributed by atoms with E-state index in [1.165, 1.54) is 6.20 Å². The van der Waals surface area contributed by atoms with Gasteiger partial charge in [0.15, 0.2) is 0 Å². The van der Waals surface area contributed by atoms with Crippen LogP contribution in [0.4, 0.5) is 0 Å². The summed E-state index contributed by atoms with van der Waals surface area (Å²) in [6, 6.07) is 7.28. The summed E-state index contributed by atoms with van der Waals surface area (Å²) >= 11 is 0. The molecule has 0 N–H and O–H groups in total. The molecule has 0 radical (unpaired) electrons. The average molecular weight is 329 g/mol. The van der Waals surface area contributed by atoms with E-state index in [9.17, 15) is 9.59 Å². The lowest BCUT2D eigenvalue weighted by Gasteiger charge is -2.27. The van der Waals surface area contributed by atoms with Crippen LogP contribution >= 0.6 is 0 Å². The number of hydrogen-bond acceptors (Lipinski definition) is 4. The zero-order valence-corrected chi connectivity index (χ0v) is 14.5. The standard InChI is InChI=1S/C18H23N3O3/c1-5-20-12-15(11-19-20)17(22)18(23)21(6-2)13(3)14-8-7-9-16(10-14)24-4/h7-13H,5-6H2,1-4H3. The van der Waals surface area contributed by atoms with Gasteiger partial charge in [-0.25, -0.2) is 0 Å². The summed E-state index contributed by atoms with van der Waals surface area (Å²) in [5.41, 5.74) is 1.24. The van der Waals surface area contributed by atoms with Crippen LogP contribution in [0.2, 0.25) is 0 Å². The fourth-order valence-corrected chi connectivity index (χ4v) is 2.58. The van der Waals surface area contributed by atoms with Crippen LogP contribution in [0.1, 0.15) is 42.7 Å². The zero-order valence-electron chi connectivity index (χ0n) is 14.5. The van der Waals surface area contributed by atoms with Gasteiger partial charge >= 0.3 is 0 Å².